The van der Waals surface area contributed by atoms with Crippen molar-refractivity contribution in [2.45, 2.75) is 58.0 Å². The van der Waals surface area contributed by atoms with Crippen LogP contribution < -0.4 is 5.32 Å². The summed E-state index contributed by atoms with van der Waals surface area (Å²) in [7, 11) is 0. The van der Waals surface area contributed by atoms with Gasteiger partial charge in [-0.15, -0.1) is 0 Å². The molecular weight excluding hydrogens is 184 g/mol. The molecule has 2 nitrogen and oxygen atoms in total. The van der Waals surface area contributed by atoms with Crippen LogP contribution in [0, 0.1) is 5.92 Å². The Labute approximate surface area is 94.4 Å². The predicted molar refractivity (Wildman–Crippen MR) is 65.1 cm³/mol. The van der Waals surface area contributed by atoms with Gasteiger partial charge >= 0.3 is 0 Å². The lowest BCUT2D eigenvalue weighted by molar-refractivity contribution is 0.139. The first-order chi connectivity index (χ1) is 7.29. The molecule has 0 bridgehead atoms. The van der Waals surface area contributed by atoms with Gasteiger partial charge in [-0.1, -0.05) is 20.3 Å². The molecule has 0 aromatic carbocycles. The van der Waals surface area contributed by atoms with E-state index in [1.165, 1.54) is 51.7 Å². The fraction of sp³-hybridized carbons (Fsp3) is 1.00. The molecule has 88 valence electrons. The van der Waals surface area contributed by atoms with Crippen molar-refractivity contribution >= 4 is 0 Å². The van der Waals surface area contributed by atoms with E-state index >= 15 is 0 Å². The van der Waals surface area contributed by atoms with Gasteiger partial charge in [-0.2, -0.15) is 0 Å². The van der Waals surface area contributed by atoms with Crippen LogP contribution in [0.5, 0.6) is 0 Å². The first-order valence-corrected chi connectivity index (χ1v) is 6.75. The van der Waals surface area contributed by atoms with Crippen LogP contribution in [0.4, 0.5) is 0 Å². The Morgan fingerprint density at radius 2 is 2.00 bits per heavy atom. The zero-order chi connectivity index (χ0) is 10.7. The molecule has 0 spiro atoms. The van der Waals surface area contributed by atoms with Gasteiger partial charge in [-0.05, 0) is 44.7 Å². The van der Waals surface area contributed by atoms with Crippen molar-refractivity contribution in [3.05, 3.63) is 0 Å². The summed E-state index contributed by atoms with van der Waals surface area (Å²) >= 11 is 0. The normalized spacial score (nSPS) is 34.6. The van der Waals surface area contributed by atoms with Crippen molar-refractivity contribution in [3.63, 3.8) is 0 Å². The van der Waals surface area contributed by atoms with Gasteiger partial charge in [-0.3, -0.25) is 4.90 Å². The number of likely N-dealkylation sites (tertiary alicyclic amines) is 1. The van der Waals surface area contributed by atoms with Gasteiger partial charge in [0.25, 0.3) is 0 Å². The van der Waals surface area contributed by atoms with Gasteiger partial charge in [-0.25, -0.2) is 0 Å². The summed E-state index contributed by atoms with van der Waals surface area (Å²) in [6.45, 7) is 8.56. The van der Waals surface area contributed by atoms with Crippen LogP contribution >= 0.6 is 0 Å². The van der Waals surface area contributed by atoms with Crippen molar-refractivity contribution in [1.82, 2.24) is 10.2 Å². The molecule has 0 aromatic rings. The molecule has 0 saturated carbocycles. The van der Waals surface area contributed by atoms with Crippen molar-refractivity contribution < 1.29 is 0 Å². The lowest BCUT2D eigenvalue weighted by atomic mass is 9.99. The summed E-state index contributed by atoms with van der Waals surface area (Å²) < 4.78 is 0. The summed E-state index contributed by atoms with van der Waals surface area (Å²) in [5.74, 6) is 0.829. The molecular formula is C13H26N2. The molecule has 2 aliphatic rings. The third-order valence-corrected chi connectivity index (χ3v) is 4.10. The minimum atomic E-state index is 0.822. The molecule has 2 heterocycles. The standard InChI is InChI=1S/C13H26N2/c1-11(2)13-7-5-9-15(13)12-6-3-4-8-14-10-12/h11-14H,3-10H2,1-2H3. The first kappa shape index (κ1) is 11.4. The highest BCUT2D eigenvalue weighted by Gasteiger charge is 2.32. The van der Waals surface area contributed by atoms with Gasteiger partial charge in [0.1, 0.15) is 0 Å². The minimum absolute atomic E-state index is 0.822. The maximum Gasteiger partial charge on any atom is 0.0223 e. The highest BCUT2D eigenvalue weighted by Crippen LogP contribution is 2.27. The monoisotopic (exact) mass is 210 g/mol. The Bertz CT molecular complexity index is 183. The van der Waals surface area contributed by atoms with Crippen molar-refractivity contribution in [2.24, 2.45) is 5.92 Å². The van der Waals surface area contributed by atoms with Gasteiger partial charge in [0.05, 0.1) is 0 Å². The van der Waals surface area contributed by atoms with E-state index in [4.69, 9.17) is 0 Å². The lowest BCUT2D eigenvalue weighted by Crippen LogP contribution is -2.45. The van der Waals surface area contributed by atoms with Crippen molar-refractivity contribution in [2.75, 3.05) is 19.6 Å². The van der Waals surface area contributed by atoms with E-state index in [1.54, 1.807) is 0 Å². The zero-order valence-corrected chi connectivity index (χ0v) is 10.3. The molecule has 2 atom stereocenters. The van der Waals surface area contributed by atoms with Crippen LogP contribution in [0.25, 0.3) is 0 Å². The Kier molecular flexibility index (Phi) is 4.04. The third-order valence-electron chi connectivity index (χ3n) is 4.10. The van der Waals surface area contributed by atoms with Crippen LogP contribution in [0.15, 0.2) is 0 Å². The highest BCUT2D eigenvalue weighted by molar-refractivity contribution is 4.88. The Balaban J connectivity index is 1.95. The third kappa shape index (κ3) is 2.73. The van der Waals surface area contributed by atoms with Crippen LogP contribution in [-0.4, -0.2) is 36.6 Å². The minimum Gasteiger partial charge on any atom is -0.315 e. The molecule has 0 amide bonds. The molecule has 2 saturated heterocycles. The zero-order valence-electron chi connectivity index (χ0n) is 10.3. The number of rotatable bonds is 2. The van der Waals surface area contributed by atoms with Gasteiger partial charge < -0.3 is 5.32 Å². The second-order valence-corrected chi connectivity index (χ2v) is 5.55. The summed E-state index contributed by atoms with van der Waals surface area (Å²) in [6, 6.07) is 1.68. The second-order valence-electron chi connectivity index (χ2n) is 5.55. The quantitative estimate of drug-likeness (QED) is 0.752. The molecule has 15 heavy (non-hydrogen) atoms. The topological polar surface area (TPSA) is 15.3 Å². The number of nitrogens with one attached hydrogen (secondary N) is 1. The molecule has 0 aliphatic carbocycles. The fourth-order valence-corrected chi connectivity index (χ4v) is 3.27. The van der Waals surface area contributed by atoms with E-state index < -0.39 is 0 Å². The van der Waals surface area contributed by atoms with E-state index in [1.807, 2.05) is 0 Å². The fourth-order valence-electron chi connectivity index (χ4n) is 3.27. The van der Waals surface area contributed by atoms with Crippen molar-refractivity contribution in [3.8, 4) is 0 Å². The second kappa shape index (κ2) is 5.31. The van der Waals surface area contributed by atoms with E-state index in [0.717, 1.165) is 18.0 Å². The molecule has 2 unspecified atom stereocenters. The molecule has 0 radical (unpaired) electrons. The maximum atomic E-state index is 3.59. The number of nitrogens with zero attached hydrogens (tertiary/aromatic N) is 1. The van der Waals surface area contributed by atoms with Gasteiger partial charge in [0, 0.05) is 18.6 Å². The first-order valence-electron chi connectivity index (χ1n) is 6.75. The van der Waals surface area contributed by atoms with Crippen LogP contribution in [0.2, 0.25) is 0 Å². The van der Waals surface area contributed by atoms with Crippen molar-refractivity contribution in [1.29, 1.82) is 0 Å². The molecule has 1 N–H and O–H groups in total. The summed E-state index contributed by atoms with van der Waals surface area (Å²) in [5, 5.41) is 3.59. The summed E-state index contributed by atoms with van der Waals surface area (Å²) in [6.07, 6.45) is 7.04. The molecule has 2 heteroatoms. The van der Waals surface area contributed by atoms with E-state index in [2.05, 4.69) is 24.1 Å². The number of hydrogen-bond donors (Lipinski definition) is 1. The predicted octanol–water partition coefficient (Wildman–Crippen LogP) is 2.25. The molecule has 2 rings (SSSR count). The van der Waals surface area contributed by atoms with Crippen LogP contribution in [0.3, 0.4) is 0 Å². The van der Waals surface area contributed by atoms with Gasteiger partial charge in [0.2, 0.25) is 0 Å². The average Bonchev–Trinajstić information content (AvgIpc) is 2.55. The van der Waals surface area contributed by atoms with Gasteiger partial charge in [0.15, 0.2) is 0 Å². The Morgan fingerprint density at radius 3 is 2.80 bits per heavy atom. The van der Waals surface area contributed by atoms with E-state index in [0.29, 0.717) is 0 Å². The summed E-state index contributed by atoms with van der Waals surface area (Å²) in [5.41, 5.74) is 0. The molecule has 0 aromatic heterocycles. The lowest BCUT2D eigenvalue weighted by Gasteiger charge is -2.34. The largest absolute Gasteiger partial charge is 0.315 e. The summed E-state index contributed by atoms with van der Waals surface area (Å²) in [4.78, 5) is 2.79. The van der Waals surface area contributed by atoms with Crippen LogP contribution in [0.1, 0.15) is 46.0 Å². The number of hydrogen-bond acceptors (Lipinski definition) is 2. The average molecular weight is 210 g/mol. The van der Waals surface area contributed by atoms with Crippen LogP contribution in [-0.2, 0) is 0 Å². The molecule has 2 aliphatic heterocycles. The SMILES string of the molecule is CC(C)C1CCCN1C1CCCCNC1. The Hall–Kier alpha value is -0.0800. The Morgan fingerprint density at radius 1 is 1.13 bits per heavy atom. The highest BCUT2D eigenvalue weighted by atomic mass is 15.2. The van der Waals surface area contributed by atoms with E-state index in [9.17, 15) is 0 Å². The maximum absolute atomic E-state index is 3.59. The smallest absolute Gasteiger partial charge is 0.0223 e. The van der Waals surface area contributed by atoms with E-state index in [-0.39, 0.29) is 0 Å². The molecule has 2 fully saturated rings.